The van der Waals surface area contributed by atoms with Crippen LogP contribution >= 0.6 is 0 Å². The summed E-state index contributed by atoms with van der Waals surface area (Å²) in [6.07, 6.45) is 5.04. The predicted molar refractivity (Wildman–Crippen MR) is 51.9 cm³/mol. The van der Waals surface area contributed by atoms with Crippen molar-refractivity contribution in [2.75, 3.05) is 0 Å². The second-order valence-electron chi connectivity index (χ2n) is 2.85. The maximum Gasteiger partial charge on any atom is 0.0236 e. The van der Waals surface area contributed by atoms with Crippen LogP contribution in [-0.4, -0.2) is 0 Å². The van der Waals surface area contributed by atoms with Gasteiger partial charge in [-0.1, -0.05) is 36.9 Å². The molecule has 1 aromatic carbocycles. The first kappa shape index (κ1) is 7.15. The fourth-order valence-electron chi connectivity index (χ4n) is 1.37. The van der Waals surface area contributed by atoms with Gasteiger partial charge >= 0.3 is 0 Å². The van der Waals surface area contributed by atoms with Gasteiger partial charge in [0.15, 0.2) is 0 Å². The average Bonchev–Trinajstić information content (AvgIpc) is 2.17. The van der Waals surface area contributed by atoms with Gasteiger partial charge in [0, 0.05) is 5.22 Å². The van der Waals surface area contributed by atoms with E-state index in [0.29, 0.717) is 0 Å². The smallest absolute Gasteiger partial charge is 0.0236 e. The van der Waals surface area contributed by atoms with E-state index in [-0.39, 0.29) is 0 Å². The minimum atomic E-state index is 0.959. The Morgan fingerprint density at radius 2 is 2.17 bits per heavy atom. The lowest BCUT2D eigenvalue weighted by Gasteiger charge is -1.97. The molecule has 0 amide bonds. The van der Waals surface area contributed by atoms with Crippen LogP contribution in [0.5, 0.6) is 0 Å². The first-order valence-electron chi connectivity index (χ1n) is 4.07. The summed E-state index contributed by atoms with van der Waals surface area (Å²) >= 11 is 0. The molecule has 12 heavy (non-hydrogen) atoms. The molecule has 1 aliphatic rings. The molecule has 0 bridgehead atoms. The van der Waals surface area contributed by atoms with Crippen LogP contribution in [-0.2, 0) is 0 Å². The summed E-state index contributed by atoms with van der Waals surface area (Å²) in [5.41, 5.74) is 4.49. The van der Waals surface area contributed by atoms with Gasteiger partial charge in [-0.2, -0.15) is 0 Å². The number of allylic oxidation sites excluding steroid dienone is 2. The summed E-state index contributed by atoms with van der Waals surface area (Å²) in [5, 5.41) is 2.46. The Morgan fingerprint density at radius 1 is 1.33 bits per heavy atom. The molecule has 2 rings (SSSR count). The standard InChI is InChI=1S/C12H10/c1-2-10-7-8-11-5-3-4-6-12(11)9-10/h2-6,8H,1,7H2. The van der Waals surface area contributed by atoms with E-state index in [2.05, 4.69) is 36.6 Å². The van der Waals surface area contributed by atoms with Gasteiger partial charge in [-0.25, -0.2) is 0 Å². The molecule has 1 aromatic rings. The van der Waals surface area contributed by atoms with Gasteiger partial charge in [-0.3, -0.25) is 0 Å². The van der Waals surface area contributed by atoms with E-state index in [1.807, 2.05) is 12.1 Å². The number of rotatable bonds is 1. The SMILES string of the molecule is C=CC1=C=c2ccccc2=CC1. The molecule has 0 fully saturated rings. The number of fused-ring (bicyclic) bond motifs is 1. The van der Waals surface area contributed by atoms with Crippen molar-refractivity contribution in [1.29, 1.82) is 0 Å². The van der Waals surface area contributed by atoms with Crippen LogP contribution in [0.25, 0.3) is 11.8 Å². The number of benzene rings is 1. The summed E-state index contributed by atoms with van der Waals surface area (Å²) in [5.74, 6) is 0. The van der Waals surface area contributed by atoms with E-state index in [1.54, 1.807) is 0 Å². The van der Waals surface area contributed by atoms with E-state index in [1.165, 1.54) is 16.0 Å². The molecular weight excluding hydrogens is 144 g/mol. The van der Waals surface area contributed by atoms with E-state index in [4.69, 9.17) is 0 Å². The molecule has 0 heterocycles. The van der Waals surface area contributed by atoms with Crippen molar-refractivity contribution in [3.63, 3.8) is 0 Å². The van der Waals surface area contributed by atoms with Gasteiger partial charge in [0.1, 0.15) is 0 Å². The molecule has 0 heteroatoms. The van der Waals surface area contributed by atoms with Crippen molar-refractivity contribution in [2.45, 2.75) is 6.42 Å². The highest BCUT2D eigenvalue weighted by Gasteiger charge is 1.92. The van der Waals surface area contributed by atoms with Crippen LogP contribution in [0.15, 0.2) is 42.5 Å². The third kappa shape index (κ3) is 1.13. The molecule has 0 unspecified atom stereocenters. The van der Waals surface area contributed by atoms with Gasteiger partial charge in [0.05, 0.1) is 0 Å². The van der Waals surface area contributed by atoms with Gasteiger partial charge < -0.3 is 0 Å². The zero-order valence-electron chi connectivity index (χ0n) is 6.88. The van der Waals surface area contributed by atoms with Crippen LogP contribution < -0.4 is 10.4 Å². The third-order valence-electron chi connectivity index (χ3n) is 2.04. The Hall–Kier alpha value is -1.52. The fraction of sp³-hybridized carbons (Fsp3) is 0.0833. The van der Waals surface area contributed by atoms with Crippen LogP contribution in [0.1, 0.15) is 6.42 Å². The molecule has 0 aromatic heterocycles. The van der Waals surface area contributed by atoms with Gasteiger partial charge in [-0.05, 0) is 23.3 Å². The Labute approximate surface area is 71.9 Å². The zero-order valence-corrected chi connectivity index (χ0v) is 6.88. The molecule has 0 saturated heterocycles. The predicted octanol–water partition coefficient (Wildman–Crippen LogP) is 1.36. The first-order chi connectivity index (χ1) is 5.90. The quantitative estimate of drug-likeness (QED) is 0.573. The van der Waals surface area contributed by atoms with Crippen molar-refractivity contribution in [1.82, 2.24) is 0 Å². The summed E-state index contributed by atoms with van der Waals surface area (Å²) in [6, 6.07) is 8.28. The Morgan fingerprint density at radius 3 is 3.00 bits per heavy atom. The molecule has 58 valence electrons. The van der Waals surface area contributed by atoms with Crippen molar-refractivity contribution in [3.05, 3.63) is 52.9 Å². The third-order valence-corrected chi connectivity index (χ3v) is 2.04. The minimum absolute atomic E-state index is 0.959. The van der Waals surface area contributed by atoms with Crippen molar-refractivity contribution >= 4 is 11.8 Å². The Bertz CT molecular complexity index is 457. The molecule has 0 N–H and O–H groups in total. The molecule has 0 spiro atoms. The molecule has 0 nitrogen and oxygen atoms in total. The second-order valence-corrected chi connectivity index (χ2v) is 2.85. The molecule has 0 saturated carbocycles. The lowest BCUT2D eigenvalue weighted by molar-refractivity contribution is 1.33. The molecular formula is C12H10. The summed E-state index contributed by atoms with van der Waals surface area (Å²) in [6.45, 7) is 3.74. The monoisotopic (exact) mass is 154 g/mol. The van der Waals surface area contributed by atoms with Crippen LogP contribution in [0.2, 0.25) is 0 Å². The molecule has 0 radical (unpaired) electrons. The topological polar surface area (TPSA) is 0 Å². The van der Waals surface area contributed by atoms with Crippen molar-refractivity contribution < 1.29 is 0 Å². The van der Waals surface area contributed by atoms with Crippen LogP contribution in [0.3, 0.4) is 0 Å². The maximum atomic E-state index is 3.74. The highest BCUT2D eigenvalue weighted by molar-refractivity contribution is 5.47. The van der Waals surface area contributed by atoms with E-state index in [9.17, 15) is 0 Å². The van der Waals surface area contributed by atoms with Crippen molar-refractivity contribution in [2.24, 2.45) is 0 Å². The van der Waals surface area contributed by atoms with Crippen molar-refractivity contribution in [3.8, 4) is 0 Å². The van der Waals surface area contributed by atoms with Gasteiger partial charge in [0.25, 0.3) is 0 Å². The van der Waals surface area contributed by atoms with E-state index in [0.717, 1.165) is 6.42 Å². The Balaban J connectivity index is 2.88. The maximum absolute atomic E-state index is 3.74. The largest absolute Gasteiger partial charge is 0.108 e. The Kier molecular flexibility index (Phi) is 1.69. The lowest BCUT2D eigenvalue weighted by Crippen LogP contribution is -2.24. The normalized spacial score (nSPS) is 13.5. The highest BCUT2D eigenvalue weighted by atomic mass is 14.0. The molecule has 0 atom stereocenters. The molecule has 0 aliphatic heterocycles. The first-order valence-corrected chi connectivity index (χ1v) is 4.07. The number of hydrogen-bond donors (Lipinski definition) is 0. The average molecular weight is 154 g/mol. The summed E-state index contributed by atoms with van der Waals surface area (Å²) in [7, 11) is 0. The van der Waals surface area contributed by atoms with E-state index >= 15 is 0 Å². The summed E-state index contributed by atoms with van der Waals surface area (Å²) < 4.78 is 0. The lowest BCUT2D eigenvalue weighted by atomic mass is 10.1. The van der Waals surface area contributed by atoms with E-state index < -0.39 is 0 Å². The van der Waals surface area contributed by atoms with Gasteiger partial charge in [-0.15, -0.1) is 5.73 Å². The zero-order chi connectivity index (χ0) is 8.39. The van der Waals surface area contributed by atoms with Crippen LogP contribution in [0, 0.1) is 0 Å². The van der Waals surface area contributed by atoms with Gasteiger partial charge in [0.2, 0.25) is 0 Å². The highest BCUT2D eigenvalue weighted by Crippen LogP contribution is 2.01. The second kappa shape index (κ2) is 2.84. The molecule has 1 aliphatic carbocycles. The summed E-state index contributed by atoms with van der Waals surface area (Å²) in [4.78, 5) is 0. The number of hydrogen-bond acceptors (Lipinski definition) is 0. The van der Waals surface area contributed by atoms with Crippen LogP contribution in [0.4, 0.5) is 0 Å². The minimum Gasteiger partial charge on any atom is -0.108 e. The fourth-order valence-corrected chi connectivity index (χ4v) is 1.37.